The predicted octanol–water partition coefficient (Wildman–Crippen LogP) is 7.28. The Labute approximate surface area is 217 Å². The second-order valence-electron chi connectivity index (χ2n) is 9.02. The monoisotopic (exact) mass is 489 g/mol. The fraction of sp³-hybridized carbons (Fsp3) is 0.188. The van der Waals surface area contributed by atoms with E-state index in [1.54, 1.807) is 7.11 Å². The zero-order valence-corrected chi connectivity index (χ0v) is 21.4. The van der Waals surface area contributed by atoms with E-state index in [0.29, 0.717) is 17.9 Å². The minimum Gasteiger partial charge on any atom is -0.497 e. The number of amides is 1. The molecule has 0 aliphatic carbocycles. The quantitative estimate of drug-likeness (QED) is 0.249. The molecule has 186 valence electrons. The number of nitrogens with one attached hydrogen (secondary N) is 1. The van der Waals surface area contributed by atoms with Crippen molar-refractivity contribution in [2.75, 3.05) is 7.11 Å². The standard InChI is InChI=1S/C32H31N3O2/c1-4-28(22-12-8-6-9-13-22)33-32(36)30-29(34-31(35(30)5-2)23-14-10-7-11-15-23)26-17-16-25-21-27(37-3)19-18-24(25)20-26/h6-21,28H,4-5H2,1-3H3,(H,33,36)/t28-/m0/s1. The molecule has 5 rings (SSSR count). The van der Waals surface area contributed by atoms with Crippen LogP contribution in [0.1, 0.15) is 42.4 Å². The number of carbonyl (C=O) groups excluding carboxylic acids is 1. The van der Waals surface area contributed by atoms with Crippen LogP contribution >= 0.6 is 0 Å². The van der Waals surface area contributed by atoms with E-state index in [1.165, 1.54) is 0 Å². The summed E-state index contributed by atoms with van der Waals surface area (Å²) in [5.41, 5.74) is 4.22. The molecule has 0 unspecified atom stereocenters. The molecular formula is C32H31N3O2. The molecule has 5 aromatic rings. The molecule has 0 bridgehead atoms. The van der Waals surface area contributed by atoms with E-state index in [1.807, 2.05) is 77.4 Å². The first-order chi connectivity index (χ1) is 18.1. The lowest BCUT2D eigenvalue weighted by Gasteiger charge is -2.19. The number of hydrogen-bond acceptors (Lipinski definition) is 3. The van der Waals surface area contributed by atoms with E-state index in [4.69, 9.17) is 9.72 Å². The Morgan fingerprint density at radius 3 is 2.22 bits per heavy atom. The molecule has 0 spiro atoms. The van der Waals surface area contributed by atoms with Gasteiger partial charge in [-0.25, -0.2) is 4.98 Å². The summed E-state index contributed by atoms with van der Waals surface area (Å²) in [6, 6.07) is 32.2. The molecule has 1 amide bonds. The van der Waals surface area contributed by atoms with Gasteiger partial charge in [-0.3, -0.25) is 4.79 Å². The second-order valence-corrected chi connectivity index (χ2v) is 9.02. The summed E-state index contributed by atoms with van der Waals surface area (Å²) in [5.74, 6) is 1.47. The van der Waals surface area contributed by atoms with Gasteiger partial charge in [0, 0.05) is 17.7 Å². The third-order valence-corrected chi connectivity index (χ3v) is 6.77. The highest BCUT2D eigenvalue weighted by molar-refractivity contribution is 6.01. The first-order valence-corrected chi connectivity index (χ1v) is 12.7. The Morgan fingerprint density at radius 1 is 0.865 bits per heavy atom. The zero-order valence-electron chi connectivity index (χ0n) is 21.4. The smallest absolute Gasteiger partial charge is 0.270 e. The molecule has 0 fully saturated rings. The number of carbonyl (C=O) groups is 1. The third-order valence-electron chi connectivity index (χ3n) is 6.77. The molecule has 0 aliphatic rings. The molecule has 1 aromatic heterocycles. The van der Waals surface area contributed by atoms with Gasteiger partial charge in [0.1, 0.15) is 23.0 Å². The highest BCUT2D eigenvalue weighted by Gasteiger charge is 2.26. The van der Waals surface area contributed by atoms with Crippen LogP contribution in [0.2, 0.25) is 0 Å². The Hall–Kier alpha value is -4.38. The maximum Gasteiger partial charge on any atom is 0.270 e. The molecule has 1 heterocycles. The number of benzene rings is 4. The van der Waals surface area contributed by atoms with Gasteiger partial charge in [-0.2, -0.15) is 0 Å². The normalized spacial score (nSPS) is 11.9. The van der Waals surface area contributed by atoms with E-state index < -0.39 is 0 Å². The number of imidazole rings is 1. The number of hydrogen-bond donors (Lipinski definition) is 1. The Morgan fingerprint density at radius 2 is 1.54 bits per heavy atom. The fourth-order valence-electron chi connectivity index (χ4n) is 4.83. The summed E-state index contributed by atoms with van der Waals surface area (Å²) < 4.78 is 7.41. The van der Waals surface area contributed by atoms with Crippen molar-refractivity contribution in [1.29, 1.82) is 0 Å². The van der Waals surface area contributed by atoms with E-state index >= 15 is 0 Å². The zero-order chi connectivity index (χ0) is 25.8. The maximum absolute atomic E-state index is 14.0. The van der Waals surface area contributed by atoms with Gasteiger partial charge in [-0.15, -0.1) is 0 Å². The van der Waals surface area contributed by atoms with Crippen LogP contribution in [0.4, 0.5) is 0 Å². The van der Waals surface area contributed by atoms with Gasteiger partial charge in [0.15, 0.2) is 0 Å². The highest BCUT2D eigenvalue weighted by atomic mass is 16.5. The van der Waals surface area contributed by atoms with Crippen LogP contribution in [0.15, 0.2) is 97.1 Å². The van der Waals surface area contributed by atoms with Gasteiger partial charge in [-0.1, -0.05) is 85.8 Å². The lowest BCUT2D eigenvalue weighted by Crippen LogP contribution is -2.30. The lowest BCUT2D eigenvalue weighted by atomic mass is 10.0. The van der Waals surface area contributed by atoms with Gasteiger partial charge in [0.05, 0.1) is 13.2 Å². The van der Waals surface area contributed by atoms with Crippen molar-refractivity contribution in [3.63, 3.8) is 0 Å². The van der Waals surface area contributed by atoms with Gasteiger partial charge < -0.3 is 14.6 Å². The Kier molecular flexibility index (Phi) is 7.04. The van der Waals surface area contributed by atoms with Crippen LogP contribution in [0.3, 0.4) is 0 Å². The molecule has 5 heteroatoms. The summed E-state index contributed by atoms with van der Waals surface area (Å²) in [5, 5.41) is 5.42. The average molecular weight is 490 g/mol. The van der Waals surface area contributed by atoms with Crippen molar-refractivity contribution in [3.8, 4) is 28.4 Å². The molecule has 0 radical (unpaired) electrons. The Balaban J connectivity index is 1.64. The molecule has 0 saturated carbocycles. The van der Waals surface area contributed by atoms with Gasteiger partial charge in [0.2, 0.25) is 0 Å². The van der Waals surface area contributed by atoms with Crippen LogP contribution in [0, 0.1) is 0 Å². The van der Waals surface area contributed by atoms with Crippen LogP contribution in [0.5, 0.6) is 5.75 Å². The summed E-state index contributed by atoms with van der Waals surface area (Å²) in [7, 11) is 1.67. The first kappa shape index (κ1) is 24.3. The summed E-state index contributed by atoms with van der Waals surface area (Å²) in [6.07, 6.45) is 0.786. The van der Waals surface area contributed by atoms with Crippen LogP contribution in [-0.2, 0) is 6.54 Å². The fourth-order valence-corrected chi connectivity index (χ4v) is 4.83. The number of nitrogens with zero attached hydrogens (tertiary/aromatic N) is 2. The first-order valence-electron chi connectivity index (χ1n) is 12.7. The molecule has 1 atom stereocenters. The predicted molar refractivity (Wildman–Crippen MR) is 150 cm³/mol. The molecular weight excluding hydrogens is 458 g/mol. The summed E-state index contributed by atoms with van der Waals surface area (Å²) in [6.45, 7) is 4.76. The van der Waals surface area contributed by atoms with Gasteiger partial charge >= 0.3 is 0 Å². The van der Waals surface area contributed by atoms with Gasteiger partial charge in [0.25, 0.3) is 5.91 Å². The molecule has 37 heavy (non-hydrogen) atoms. The van der Waals surface area contributed by atoms with Crippen molar-refractivity contribution < 1.29 is 9.53 Å². The van der Waals surface area contributed by atoms with Crippen molar-refractivity contribution >= 4 is 16.7 Å². The largest absolute Gasteiger partial charge is 0.497 e. The molecule has 1 N–H and O–H groups in total. The molecule has 5 nitrogen and oxygen atoms in total. The van der Waals surface area contributed by atoms with Crippen molar-refractivity contribution in [2.45, 2.75) is 32.9 Å². The van der Waals surface area contributed by atoms with Crippen molar-refractivity contribution in [1.82, 2.24) is 14.9 Å². The number of rotatable bonds is 8. The molecule has 0 aliphatic heterocycles. The van der Waals surface area contributed by atoms with E-state index in [-0.39, 0.29) is 11.9 Å². The SMILES string of the molecule is CC[C@H](NC(=O)c1c(-c2ccc3cc(OC)ccc3c2)nc(-c2ccccc2)n1CC)c1ccccc1. The third kappa shape index (κ3) is 4.85. The van der Waals surface area contributed by atoms with Gasteiger partial charge in [-0.05, 0) is 47.9 Å². The van der Waals surface area contributed by atoms with E-state index in [0.717, 1.165) is 45.5 Å². The van der Waals surface area contributed by atoms with Crippen molar-refractivity contribution in [2.24, 2.45) is 0 Å². The number of methoxy groups -OCH3 is 1. The number of aromatic nitrogens is 2. The van der Waals surface area contributed by atoms with E-state index in [2.05, 4.69) is 43.4 Å². The van der Waals surface area contributed by atoms with Crippen LogP contribution in [0.25, 0.3) is 33.4 Å². The lowest BCUT2D eigenvalue weighted by molar-refractivity contribution is 0.0927. The van der Waals surface area contributed by atoms with Crippen molar-refractivity contribution in [3.05, 3.63) is 108 Å². The molecule has 0 saturated heterocycles. The van der Waals surface area contributed by atoms with Crippen LogP contribution < -0.4 is 10.1 Å². The minimum atomic E-state index is -0.128. The highest BCUT2D eigenvalue weighted by Crippen LogP contribution is 2.33. The van der Waals surface area contributed by atoms with E-state index in [9.17, 15) is 4.79 Å². The second kappa shape index (κ2) is 10.7. The maximum atomic E-state index is 14.0. The average Bonchev–Trinajstić information content (AvgIpc) is 3.36. The number of ether oxygens (including phenoxy) is 1. The summed E-state index contributed by atoms with van der Waals surface area (Å²) >= 11 is 0. The number of fused-ring (bicyclic) bond motifs is 1. The summed E-state index contributed by atoms with van der Waals surface area (Å²) in [4.78, 5) is 19.0. The molecule has 4 aromatic carbocycles. The van der Waals surface area contributed by atoms with Crippen LogP contribution in [-0.4, -0.2) is 22.6 Å². The Bertz CT molecular complexity index is 1520. The topological polar surface area (TPSA) is 56.1 Å². The minimum absolute atomic E-state index is 0.0917.